The number of hydrogen-bond donors (Lipinski definition) is 9. The van der Waals surface area contributed by atoms with Gasteiger partial charge in [0.2, 0.25) is 11.8 Å². The average Bonchev–Trinajstić information content (AvgIpc) is 3.11. The topological polar surface area (TPSA) is 245 Å². The van der Waals surface area contributed by atoms with Crippen molar-refractivity contribution in [2.45, 2.75) is 82.0 Å². The van der Waals surface area contributed by atoms with Gasteiger partial charge in [-0.1, -0.05) is 98.8 Å². The number of alkyl halides is 3. The number of amides is 2. The molecule has 1 aliphatic carbocycles. The molecule has 11 N–H and O–H groups in total. The van der Waals surface area contributed by atoms with Gasteiger partial charge in [0, 0.05) is 12.1 Å². The Hall–Kier alpha value is -5.67. The number of nitrogens with two attached hydrogens (primary N) is 2. The zero-order chi connectivity index (χ0) is 39.1. The van der Waals surface area contributed by atoms with Crippen molar-refractivity contribution >= 4 is 46.3 Å². The Labute approximate surface area is 304 Å². The van der Waals surface area contributed by atoms with E-state index in [9.17, 15) is 32.7 Å². The van der Waals surface area contributed by atoms with Gasteiger partial charge < -0.3 is 37.6 Å². The highest BCUT2D eigenvalue weighted by Gasteiger charge is 2.38. The Balaban J connectivity index is 0.000000980. The van der Waals surface area contributed by atoms with Crippen molar-refractivity contribution in [3.63, 3.8) is 0 Å². The number of benzene rings is 3. The number of carbonyl (C=O) groups is 4. The van der Waals surface area contributed by atoms with Gasteiger partial charge in [0.05, 0.1) is 5.92 Å². The standard InChI is InChI=1S/C35H45N7O4.C2HF3O2/c36-31(37)25-14-12-23(13-15-25)19-28(27-17-16-24-9-4-5-10-26(24)21-27)32(43)42-30(20-22-7-2-1-3-8-22)33(44)41-29(34(45)46)11-6-18-40-35(38)39;3-2(4,5)1(6)7/h4-5,9-10,12-17,21-22,28-30H,1-3,6-8,11,18-20H2,(H3,36,37)(H,41,44)(H,42,43)(H,45,46)(H4,38,39,40);(H,6,7)/t28-,29+,30+;/m1./s1. The van der Waals surface area contributed by atoms with Crippen molar-refractivity contribution in [3.8, 4) is 0 Å². The molecule has 1 saturated carbocycles. The summed E-state index contributed by atoms with van der Waals surface area (Å²) in [5.74, 6) is -5.40. The maximum atomic E-state index is 14.2. The van der Waals surface area contributed by atoms with E-state index in [0.29, 0.717) is 31.4 Å². The summed E-state index contributed by atoms with van der Waals surface area (Å²) in [6.07, 6.45) is 1.37. The van der Waals surface area contributed by atoms with Crippen LogP contribution < -0.4 is 27.4 Å². The van der Waals surface area contributed by atoms with Gasteiger partial charge in [0.15, 0.2) is 5.96 Å². The summed E-state index contributed by atoms with van der Waals surface area (Å²) in [5.41, 5.74) is 13.2. The number of carboxylic acids is 2. The minimum atomic E-state index is -5.08. The molecule has 0 radical (unpaired) electrons. The van der Waals surface area contributed by atoms with E-state index in [-0.39, 0.29) is 30.0 Å². The van der Waals surface area contributed by atoms with Crippen molar-refractivity contribution < 1.29 is 42.6 Å². The van der Waals surface area contributed by atoms with Crippen LogP contribution >= 0.6 is 0 Å². The van der Waals surface area contributed by atoms with Crippen molar-refractivity contribution in [2.24, 2.45) is 17.4 Å². The van der Waals surface area contributed by atoms with Gasteiger partial charge in [-0.3, -0.25) is 20.4 Å². The van der Waals surface area contributed by atoms with Gasteiger partial charge in [-0.05, 0) is 53.5 Å². The molecule has 0 aromatic heterocycles. The number of hydrogen-bond acceptors (Lipinski definition) is 6. The van der Waals surface area contributed by atoms with Crippen LogP contribution in [0.15, 0.2) is 66.7 Å². The molecule has 286 valence electrons. The Morgan fingerprint density at radius 2 is 1.43 bits per heavy atom. The summed E-state index contributed by atoms with van der Waals surface area (Å²) in [4.78, 5) is 48.9. The maximum Gasteiger partial charge on any atom is 0.490 e. The molecule has 0 aliphatic heterocycles. The fraction of sp³-hybridized carbons (Fsp3) is 0.405. The molecule has 4 rings (SSSR count). The second kappa shape index (κ2) is 19.8. The van der Waals surface area contributed by atoms with Crippen molar-refractivity contribution in [1.82, 2.24) is 16.0 Å². The first-order valence-electron chi connectivity index (χ1n) is 17.2. The van der Waals surface area contributed by atoms with Gasteiger partial charge in [-0.25, -0.2) is 9.59 Å². The normalized spacial score (nSPS) is 14.8. The van der Waals surface area contributed by atoms with E-state index >= 15 is 0 Å². The lowest BCUT2D eigenvalue weighted by atomic mass is 9.84. The first-order chi connectivity index (χ1) is 25.0. The quantitative estimate of drug-likeness (QED) is 0.0609. The van der Waals surface area contributed by atoms with Crippen molar-refractivity contribution in [3.05, 3.63) is 83.4 Å². The summed E-state index contributed by atoms with van der Waals surface area (Å²) in [6.45, 7) is 0.304. The largest absolute Gasteiger partial charge is 0.490 e. The smallest absolute Gasteiger partial charge is 0.480 e. The van der Waals surface area contributed by atoms with E-state index in [1.54, 1.807) is 12.1 Å². The summed E-state index contributed by atoms with van der Waals surface area (Å²) >= 11 is 0. The molecule has 0 unspecified atom stereocenters. The monoisotopic (exact) mass is 741 g/mol. The van der Waals surface area contributed by atoms with E-state index < -0.39 is 42.0 Å². The Morgan fingerprint density at radius 1 is 0.830 bits per heavy atom. The molecular formula is C37H46F3N7O6. The highest BCUT2D eigenvalue weighted by atomic mass is 19.4. The zero-order valence-corrected chi connectivity index (χ0v) is 29.0. The Kier molecular flexibility index (Phi) is 15.6. The van der Waals surface area contributed by atoms with Crippen LogP contribution in [0.25, 0.3) is 10.8 Å². The number of nitrogen functional groups attached to an aromatic ring is 1. The number of amidine groups is 1. The molecule has 1 fully saturated rings. The highest BCUT2D eigenvalue weighted by molar-refractivity contribution is 5.95. The van der Waals surface area contributed by atoms with E-state index in [4.69, 9.17) is 32.2 Å². The number of aliphatic carboxylic acids is 2. The van der Waals surface area contributed by atoms with Crippen molar-refractivity contribution in [1.29, 1.82) is 10.8 Å². The van der Waals surface area contributed by atoms with Gasteiger partial charge in [0.1, 0.15) is 17.9 Å². The molecule has 53 heavy (non-hydrogen) atoms. The van der Waals surface area contributed by atoms with Crippen LogP contribution in [0.1, 0.15) is 74.0 Å². The van der Waals surface area contributed by atoms with Crippen LogP contribution in [0, 0.1) is 16.7 Å². The lowest BCUT2D eigenvalue weighted by Gasteiger charge is -2.29. The zero-order valence-electron chi connectivity index (χ0n) is 29.0. The molecule has 0 heterocycles. The van der Waals surface area contributed by atoms with Gasteiger partial charge in [-0.15, -0.1) is 0 Å². The minimum absolute atomic E-state index is 0.0401. The van der Waals surface area contributed by atoms with Crippen LogP contribution in [0.4, 0.5) is 13.2 Å². The number of carboxylic acid groups (broad SMARTS) is 2. The predicted molar refractivity (Wildman–Crippen MR) is 193 cm³/mol. The predicted octanol–water partition coefficient (Wildman–Crippen LogP) is 4.37. The molecule has 0 bridgehead atoms. The summed E-state index contributed by atoms with van der Waals surface area (Å²) in [5, 5.41) is 42.3. The fourth-order valence-electron chi connectivity index (χ4n) is 6.16. The number of guanidine groups is 1. The number of rotatable bonds is 15. The third kappa shape index (κ3) is 13.8. The molecule has 3 aromatic carbocycles. The molecule has 0 spiro atoms. The molecule has 1 aliphatic rings. The van der Waals surface area contributed by atoms with E-state index in [0.717, 1.165) is 54.0 Å². The molecule has 2 amide bonds. The van der Waals surface area contributed by atoms with E-state index in [1.807, 2.05) is 54.6 Å². The third-order valence-corrected chi connectivity index (χ3v) is 8.97. The molecule has 0 saturated heterocycles. The lowest BCUT2D eigenvalue weighted by molar-refractivity contribution is -0.192. The van der Waals surface area contributed by atoms with Gasteiger partial charge in [-0.2, -0.15) is 13.2 Å². The summed E-state index contributed by atoms with van der Waals surface area (Å²) in [7, 11) is 0. The van der Waals surface area contributed by atoms with Crippen LogP contribution in [-0.2, 0) is 25.6 Å². The molecule has 13 nitrogen and oxygen atoms in total. The molecule has 3 aromatic rings. The lowest BCUT2D eigenvalue weighted by Crippen LogP contribution is -2.53. The second-order valence-corrected chi connectivity index (χ2v) is 13.0. The first kappa shape index (κ1) is 41.7. The molecule has 3 atom stereocenters. The van der Waals surface area contributed by atoms with Crippen molar-refractivity contribution in [2.75, 3.05) is 6.54 Å². The number of halogens is 3. The second-order valence-electron chi connectivity index (χ2n) is 13.0. The van der Waals surface area contributed by atoms with Gasteiger partial charge >= 0.3 is 18.1 Å². The Morgan fingerprint density at radius 3 is 2.00 bits per heavy atom. The molecular weight excluding hydrogens is 695 g/mol. The van der Waals surface area contributed by atoms with Crippen LogP contribution in [0.3, 0.4) is 0 Å². The average molecular weight is 742 g/mol. The fourth-order valence-corrected chi connectivity index (χ4v) is 6.16. The summed E-state index contributed by atoms with van der Waals surface area (Å²) in [6, 6.07) is 19.0. The SMILES string of the molecule is N=C(N)NCCC[C@H](NC(=O)[C@H](CC1CCCCC1)NC(=O)[C@H](Cc1ccc(C(=N)N)cc1)c1ccc2ccccc2c1)C(=O)O.O=C(O)C(F)(F)F. The van der Waals surface area contributed by atoms with E-state index in [2.05, 4.69) is 16.0 Å². The van der Waals surface area contributed by atoms with Crippen LogP contribution in [0.2, 0.25) is 0 Å². The first-order valence-corrected chi connectivity index (χ1v) is 17.2. The minimum Gasteiger partial charge on any atom is -0.480 e. The van der Waals surface area contributed by atoms with E-state index in [1.165, 1.54) is 0 Å². The number of nitrogens with one attached hydrogen (secondary N) is 5. The highest BCUT2D eigenvalue weighted by Crippen LogP contribution is 2.29. The van der Waals surface area contributed by atoms with Gasteiger partial charge in [0.25, 0.3) is 0 Å². The molecule has 16 heteroatoms. The maximum absolute atomic E-state index is 14.2. The van der Waals surface area contributed by atoms with Crippen LogP contribution in [-0.4, -0.2) is 70.6 Å². The third-order valence-electron chi connectivity index (χ3n) is 8.97. The Bertz CT molecular complexity index is 1750. The van der Waals surface area contributed by atoms with Crippen LogP contribution in [0.5, 0.6) is 0 Å². The summed E-state index contributed by atoms with van der Waals surface area (Å²) < 4.78 is 31.7. The number of carbonyl (C=O) groups excluding carboxylic acids is 2. The number of fused-ring (bicyclic) bond motifs is 1.